The van der Waals surface area contributed by atoms with E-state index in [0.717, 1.165) is 47.2 Å². The zero-order chi connectivity index (χ0) is 16.6. The van der Waals surface area contributed by atoms with Crippen LogP contribution in [0.1, 0.15) is 25.7 Å². The molecule has 2 N–H and O–H groups in total. The third-order valence-corrected chi connectivity index (χ3v) is 5.73. The number of imidazole rings is 1. The summed E-state index contributed by atoms with van der Waals surface area (Å²) in [6.45, 7) is 1.08. The lowest BCUT2D eigenvalue weighted by Crippen LogP contribution is -2.37. The van der Waals surface area contributed by atoms with Crippen molar-refractivity contribution in [2.24, 2.45) is 5.41 Å². The van der Waals surface area contributed by atoms with E-state index in [9.17, 15) is 9.50 Å². The number of hydrogen-bond donors (Lipinski definition) is 2. The van der Waals surface area contributed by atoms with Crippen molar-refractivity contribution in [2.75, 3.05) is 18.5 Å². The molecule has 0 aliphatic heterocycles. The molecule has 3 aromatic rings. The lowest BCUT2D eigenvalue weighted by molar-refractivity contribution is 0.102. The minimum absolute atomic E-state index is 0.224. The van der Waals surface area contributed by atoms with Gasteiger partial charge < -0.3 is 10.4 Å². The van der Waals surface area contributed by atoms with Gasteiger partial charge in [0.2, 0.25) is 10.1 Å². The van der Waals surface area contributed by atoms with Gasteiger partial charge in [0.05, 0.1) is 11.9 Å². The highest BCUT2D eigenvalue weighted by atomic mass is 32.1. The third-order valence-electron chi connectivity index (χ3n) is 4.85. The topological polar surface area (TPSA) is 62.5 Å². The summed E-state index contributed by atoms with van der Waals surface area (Å²) < 4.78 is 14.8. The monoisotopic (exact) mass is 346 g/mol. The first-order chi connectivity index (χ1) is 11.7. The largest absolute Gasteiger partial charge is 0.396 e. The zero-order valence-electron chi connectivity index (χ0n) is 13.2. The van der Waals surface area contributed by atoms with Gasteiger partial charge in [0, 0.05) is 18.7 Å². The van der Waals surface area contributed by atoms with Crippen LogP contribution in [-0.2, 0) is 0 Å². The fourth-order valence-electron chi connectivity index (χ4n) is 3.22. The van der Waals surface area contributed by atoms with Crippen LogP contribution in [0.3, 0.4) is 0 Å². The van der Waals surface area contributed by atoms with Crippen LogP contribution in [0.4, 0.5) is 9.52 Å². The highest BCUT2D eigenvalue weighted by Gasteiger charge is 2.36. The molecule has 1 fully saturated rings. The van der Waals surface area contributed by atoms with E-state index in [1.54, 1.807) is 16.6 Å². The van der Waals surface area contributed by atoms with Crippen molar-refractivity contribution in [3.8, 4) is 11.3 Å². The molecule has 0 radical (unpaired) electrons. The van der Waals surface area contributed by atoms with E-state index in [1.807, 2.05) is 6.20 Å². The number of aliphatic hydroxyl groups excluding tert-OH is 1. The summed E-state index contributed by atoms with van der Waals surface area (Å²) in [5, 5.41) is 18.0. The number of rotatable bonds is 6. The van der Waals surface area contributed by atoms with Crippen LogP contribution >= 0.6 is 11.3 Å². The van der Waals surface area contributed by atoms with Gasteiger partial charge in [0.1, 0.15) is 5.82 Å². The first-order valence-corrected chi connectivity index (χ1v) is 8.96. The molecule has 0 bridgehead atoms. The number of hydrogen-bond acceptors (Lipinski definition) is 5. The number of aliphatic hydroxyl groups is 1. The van der Waals surface area contributed by atoms with Crippen molar-refractivity contribution >= 4 is 21.4 Å². The molecule has 1 saturated carbocycles. The Morgan fingerprint density at radius 1 is 1.29 bits per heavy atom. The standard InChI is InChI=1S/C17H19FN4OS/c18-13-4-2-12(3-5-13)14-10-22-16(20-14)24-15(21-22)19-11-17(8-9-23)6-1-7-17/h2-5,10,23H,1,6-9,11H2,(H,19,21). The summed E-state index contributed by atoms with van der Waals surface area (Å²) in [5.74, 6) is -0.253. The normalized spacial score (nSPS) is 16.2. The van der Waals surface area contributed by atoms with E-state index in [4.69, 9.17) is 0 Å². The van der Waals surface area contributed by atoms with Gasteiger partial charge in [0.25, 0.3) is 0 Å². The van der Waals surface area contributed by atoms with Gasteiger partial charge >= 0.3 is 0 Å². The van der Waals surface area contributed by atoms with Crippen LogP contribution < -0.4 is 5.32 Å². The summed E-state index contributed by atoms with van der Waals surface area (Å²) in [6.07, 6.45) is 6.27. The van der Waals surface area contributed by atoms with Crippen molar-refractivity contribution in [1.82, 2.24) is 14.6 Å². The second kappa shape index (κ2) is 6.14. The smallest absolute Gasteiger partial charge is 0.214 e. The Balaban J connectivity index is 1.48. The molecular formula is C17H19FN4OS. The molecule has 7 heteroatoms. The molecule has 2 heterocycles. The average molecular weight is 346 g/mol. The van der Waals surface area contributed by atoms with E-state index in [1.165, 1.54) is 29.9 Å². The van der Waals surface area contributed by atoms with Crippen molar-refractivity contribution in [3.63, 3.8) is 0 Å². The number of anilines is 1. The minimum Gasteiger partial charge on any atom is -0.396 e. The van der Waals surface area contributed by atoms with Crippen molar-refractivity contribution in [3.05, 3.63) is 36.3 Å². The van der Waals surface area contributed by atoms with Gasteiger partial charge in [-0.3, -0.25) is 0 Å². The molecule has 1 aliphatic carbocycles. The Bertz CT molecular complexity index is 807. The number of halogens is 1. The maximum Gasteiger partial charge on any atom is 0.214 e. The molecule has 2 aromatic heterocycles. The Labute approximate surface area is 143 Å². The lowest BCUT2D eigenvalue weighted by atomic mass is 9.67. The number of fused-ring (bicyclic) bond motifs is 1. The van der Waals surface area contributed by atoms with E-state index < -0.39 is 0 Å². The zero-order valence-corrected chi connectivity index (χ0v) is 14.0. The van der Waals surface area contributed by atoms with E-state index in [2.05, 4.69) is 15.4 Å². The Morgan fingerprint density at radius 2 is 2.08 bits per heavy atom. The molecule has 24 heavy (non-hydrogen) atoms. The number of benzene rings is 1. The van der Waals surface area contributed by atoms with Crippen LogP contribution in [0.5, 0.6) is 0 Å². The van der Waals surface area contributed by atoms with E-state index in [-0.39, 0.29) is 17.8 Å². The van der Waals surface area contributed by atoms with Gasteiger partial charge in [-0.1, -0.05) is 17.8 Å². The van der Waals surface area contributed by atoms with Crippen molar-refractivity contribution < 1.29 is 9.50 Å². The summed E-state index contributed by atoms with van der Waals surface area (Å²) in [7, 11) is 0. The number of nitrogens with zero attached hydrogens (tertiary/aromatic N) is 3. The van der Waals surface area contributed by atoms with Gasteiger partial charge in [-0.2, -0.15) is 0 Å². The Kier molecular flexibility index (Phi) is 3.97. The molecule has 1 aliphatic rings. The highest BCUT2D eigenvalue weighted by Crippen LogP contribution is 2.43. The van der Waals surface area contributed by atoms with Crippen LogP contribution in [0.15, 0.2) is 30.5 Å². The summed E-state index contributed by atoms with van der Waals surface area (Å²) >= 11 is 1.50. The summed E-state index contributed by atoms with van der Waals surface area (Å²) in [5.41, 5.74) is 1.89. The molecule has 0 spiro atoms. The molecule has 0 saturated heterocycles. The summed E-state index contributed by atoms with van der Waals surface area (Å²) in [4.78, 5) is 5.37. The van der Waals surface area contributed by atoms with Gasteiger partial charge in [-0.25, -0.2) is 13.9 Å². The molecule has 1 aromatic carbocycles. The summed E-state index contributed by atoms with van der Waals surface area (Å²) in [6, 6.07) is 6.30. The fourth-order valence-corrected chi connectivity index (χ4v) is 4.00. The first-order valence-electron chi connectivity index (χ1n) is 8.14. The lowest BCUT2D eigenvalue weighted by Gasteiger charge is -2.41. The fraction of sp³-hybridized carbons (Fsp3) is 0.412. The van der Waals surface area contributed by atoms with Crippen LogP contribution in [0.2, 0.25) is 0 Å². The van der Waals surface area contributed by atoms with E-state index in [0.29, 0.717) is 0 Å². The molecule has 0 atom stereocenters. The predicted molar refractivity (Wildman–Crippen MR) is 92.7 cm³/mol. The van der Waals surface area contributed by atoms with Crippen LogP contribution in [-0.4, -0.2) is 32.9 Å². The van der Waals surface area contributed by atoms with Crippen LogP contribution in [0, 0.1) is 11.2 Å². The Hall–Kier alpha value is -1.99. The van der Waals surface area contributed by atoms with Crippen molar-refractivity contribution in [2.45, 2.75) is 25.7 Å². The maximum absolute atomic E-state index is 13.0. The quantitative estimate of drug-likeness (QED) is 0.716. The maximum atomic E-state index is 13.0. The second-order valence-corrected chi connectivity index (χ2v) is 7.40. The second-order valence-electron chi connectivity index (χ2n) is 6.45. The number of nitrogens with one attached hydrogen (secondary N) is 1. The highest BCUT2D eigenvalue weighted by molar-refractivity contribution is 7.20. The first kappa shape index (κ1) is 15.5. The van der Waals surface area contributed by atoms with Gasteiger partial charge in [0.15, 0.2) is 0 Å². The molecular weight excluding hydrogens is 327 g/mol. The molecule has 4 rings (SSSR count). The van der Waals surface area contributed by atoms with E-state index >= 15 is 0 Å². The molecule has 0 amide bonds. The predicted octanol–water partition coefficient (Wildman–Crippen LogP) is 3.56. The Morgan fingerprint density at radius 3 is 2.71 bits per heavy atom. The SMILES string of the molecule is OCCC1(CNc2nn3cc(-c4ccc(F)cc4)nc3s2)CCC1. The minimum atomic E-state index is -0.253. The van der Waals surface area contributed by atoms with Crippen LogP contribution in [0.25, 0.3) is 16.2 Å². The molecule has 126 valence electrons. The number of aromatic nitrogens is 3. The van der Waals surface area contributed by atoms with Gasteiger partial charge in [-0.05, 0) is 48.9 Å². The van der Waals surface area contributed by atoms with Gasteiger partial charge in [-0.15, -0.1) is 5.10 Å². The average Bonchev–Trinajstić information content (AvgIpc) is 3.09. The molecule has 5 nitrogen and oxygen atoms in total. The van der Waals surface area contributed by atoms with Crippen molar-refractivity contribution in [1.29, 1.82) is 0 Å². The molecule has 0 unspecified atom stereocenters. The third kappa shape index (κ3) is 2.89.